The van der Waals surface area contributed by atoms with Gasteiger partial charge in [0, 0.05) is 52.4 Å². The van der Waals surface area contributed by atoms with E-state index in [1.807, 2.05) is 18.2 Å². The molecule has 0 radical (unpaired) electrons. The van der Waals surface area contributed by atoms with Crippen LogP contribution in [0.25, 0.3) is 21.8 Å². The van der Waals surface area contributed by atoms with Gasteiger partial charge in [-0.1, -0.05) is 6.42 Å². The third-order valence-corrected chi connectivity index (χ3v) is 6.54. The Morgan fingerprint density at radius 3 is 2.54 bits per heavy atom. The lowest BCUT2D eigenvalue weighted by Gasteiger charge is -2.26. The van der Waals surface area contributed by atoms with Crippen LogP contribution in [0.3, 0.4) is 0 Å². The number of fused-ring (bicyclic) bond motifs is 5. The number of carbonyl (C=O) groups excluding carboxylic acids is 2. The maximum Gasteiger partial charge on any atom is 0.163 e. The van der Waals surface area contributed by atoms with E-state index in [0.29, 0.717) is 6.42 Å². The second-order valence-corrected chi connectivity index (χ2v) is 8.25. The van der Waals surface area contributed by atoms with Gasteiger partial charge in [0.2, 0.25) is 0 Å². The zero-order valence-corrected chi connectivity index (χ0v) is 16.5. The number of benzene rings is 2. The lowest BCUT2D eigenvalue weighted by molar-refractivity contribution is 0.0991. The van der Waals surface area contributed by atoms with Crippen LogP contribution in [-0.4, -0.2) is 40.7 Å². The fourth-order valence-corrected chi connectivity index (χ4v) is 5.04. The minimum absolute atomic E-state index is 0.0831. The minimum Gasteiger partial charge on any atom is -0.339 e. The topological polar surface area (TPSA) is 42.3 Å². The molecule has 1 aromatic heterocycles. The van der Waals surface area contributed by atoms with Crippen LogP contribution in [0.15, 0.2) is 30.3 Å². The largest absolute Gasteiger partial charge is 0.339 e. The van der Waals surface area contributed by atoms with E-state index in [4.69, 9.17) is 0 Å². The molecule has 1 saturated heterocycles. The molecule has 1 aliphatic carbocycles. The van der Waals surface area contributed by atoms with Gasteiger partial charge in [-0.25, -0.2) is 0 Å². The molecule has 0 atom stereocenters. The van der Waals surface area contributed by atoms with Gasteiger partial charge in [0.1, 0.15) is 0 Å². The first-order valence-corrected chi connectivity index (χ1v) is 10.5. The fourth-order valence-electron chi connectivity index (χ4n) is 5.04. The summed E-state index contributed by atoms with van der Waals surface area (Å²) in [5, 5.41) is 2.30. The van der Waals surface area contributed by atoms with Crippen LogP contribution < -0.4 is 0 Å². The van der Waals surface area contributed by atoms with E-state index in [1.165, 1.54) is 54.3 Å². The highest BCUT2D eigenvalue weighted by atomic mass is 16.1. The standard InChI is InChI=1S/C24H26N2O2/c1-16(27)17-5-8-21-20(15-17)24-19-7-10-23(28)18(19)6-9-22(24)26(21)14-13-25-11-3-2-4-12-25/h5-6,8-9,15H,2-4,7,10-14H2,1H3. The maximum absolute atomic E-state index is 12.3. The molecule has 2 heterocycles. The maximum atomic E-state index is 12.3. The molecule has 0 saturated carbocycles. The molecule has 5 rings (SSSR count). The summed E-state index contributed by atoms with van der Waals surface area (Å²) in [7, 11) is 0. The van der Waals surface area contributed by atoms with Crippen LogP contribution in [0.2, 0.25) is 0 Å². The lowest BCUT2D eigenvalue weighted by atomic mass is 10.0. The molecular weight excluding hydrogens is 348 g/mol. The molecule has 4 heteroatoms. The predicted octanol–water partition coefficient (Wildman–Crippen LogP) is 4.61. The normalized spacial score (nSPS) is 17.5. The third-order valence-electron chi connectivity index (χ3n) is 6.54. The lowest BCUT2D eigenvalue weighted by Crippen LogP contribution is -2.32. The summed E-state index contributed by atoms with van der Waals surface area (Å²) in [6.45, 7) is 5.98. The van der Waals surface area contributed by atoms with Crippen LogP contribution in [0.1, 0.15) is 58.9 Å². The van der Waals surface area contributed by atoms with Crippen molar-refractivity contribution >= 4 is 33.4 Å². The molecule has 3 aromatic rings. The molecule has 1 aliphatic heterocycles. The Labute approximate surface area is 165 Å². The Hall–Kier alpha value is -2.46. The zero-order chi connectivity index (χ0) is 19.3. The number of piperidine rings is 1. The molecule has 1 fully saturated rings. The van der Waals surface area contributed by atoms with Crippen LogP contribution >= 0.6 is 0 Å². The zero-order valence-electron chi connectivity index (χ0n) is 16.5. The molecule has 28 heavy (non-hydrogen) atoms. The Kier molecular flexibility index (Phi) is 4.31. The van der Waals surface area contributed by atoms with Gasteiger partial charge in [-0.15, -0.1) is 0 Å². The second-order valence-electron chi connectivity index (χ2n) is 8.25. The minimum atomic E-state index is 0.0831. The van der Waals surface area contributed by atoms with Gasteiger partial charge in [0.05, 0.1) is 0 Å². The van der Waals surface area contributed by atoms with E-state index < -0.39 is 0 Å². The van der Waals surface area contributed by atoms with Crippen molar-refractivity contribution in [1.29, 1.82) is 0 Å². The number of likely N-dealkylation sites (tertiary alicyclic amines) is 1. The number of aryl methyl sites for hydroxylation is 1. The number of ketones is 2. The summed E-state index contributed by atoms with van der Waals surface area (Å²) in [6.07, 6.45) is 5.34. The molecule has 0 amide bonds. The van der Waals surface area contributed by atoms with Gasteiger partial charge in [0.15, 0.2) is 11.6 Å². The van der Waals surface area contributed by atoms with Crippen molar-refractivity contribution in [3.63, 3.8) is 0 Å². The summed E-state index contributed by atoms with van der Waals surface area (Å²) in [5.41, 5.74) is 5.15. The Bertz CT molecular complexity index is 1100. The fraction of sp³-hybridized carbons (Fsp3) is 0.417. The first kappa shape index (κ1) is 17.6. The Balaban J connectivity index is 1.67. The van der Waals surface area contributed by atoms with Crippen molar-refractivity contribution < 1.29 is 9.59 Å². The smallest absolute Gasteiger partial charge is 0.163 e. The average molecular weight is 374 g/mol. The summed E-state index contributed by atoms with van der Waals surface area (Å²) in [4.78, 5) is 26.8. The number of hydrogen-bond donors (Lipinski definition) is 0. The predicted molar refractivity (Wildman–Crippen MR) is 112 cm³/mol. The van der Waals surface area contributed by atoms with Gasteiger partial charge >= 0.3 is 0 Å². The van der Waals surface area contributed by atoms with Crippen molar-refractivity contribution in [3.05, 3.63) is 47.0 Å². The third kappa shape index (κ3) is 2.78. The van der Waals surface area contributed by atoms with E-state index in [2.05, 4.69) is 21.6 Å². The van der Waals surface area contributed by atoms with Crippen molar-refractivity contribution in [2.45, 2.75) is 45.6 Å². The monoisotopic (exact) mass is 374 g/mol. The number of rotatable bonds is 4. The molecule has 0 bridgehead atoms. The van der Waals surface area contributed by atoms with Crippen molar-refractivity contribution in [2.75, 3.05) is 19.6 Å². The van der Waals surface area contributed by atoms with Crippen molar-refractivity contribution in [2.24, 2.45) is 0 Å². The number of Topliss-reactive ketones (excluding diaryl/α,β-unsaturated/α-hetero) is 2. The molecule has 2 aliphatic rings. The van der Waals surface area contributed by atoms with E-state index >= 15 is 0 Å². The second kappa shape index (κ2) is 6.85. The SMILES string of the molecule is CC(=O)c1ccc2c(c1)c1c3c(ccc1n2CCN1CCCCC1)C(=O)CC3. The van der Waals surface area contributed by atoms with Crippen molar-refractivity contribution in [3.8, 4) is 0 Å². The summed E-state index contributed by atoms with van der Waals surface area (Å²) in [5.74, 6) is 0.327. The first-order chi connectivity index (χ1) is 13.6. The Morgan fingerprint density at radius 2 is 1.75 bits per heavy atom. The summed E-state index contributed by atoms with van der Waals surface area (Å²) >= 11 is 0. The van der Waals surface area contributed by atoms with Gasteiger partial charge < -0.3 is 9.47 Å². The van der Waals surface area contributed by atoms with E-state index in [-0.39, 0.29) is 11.6 Å². The van der Waals surface area contributed by atoms with E-state index in [0.717, 1.165) is 36.0 Å². The number of aromatic nitrogens is 1. The highest BCUT2D eigenvalue weighted by Crippen LogP contribution is 2.37. The summed E-state index contributed by atoms with van der Waals surface area (Å²) in [6, 6.07) is 10.2. The van der Waals surface area contributed by atoms with Crippen molar-refractivity contribution in [1.82, 2.24) is 9.47 Å². The average Bonchev–Trinajstić information content (AvgIpc) is 3.24. The molecular formula is C24H26N2O2. The Morgan fingerprint density at radius 1 is 0.964 bits per heavy atom. The number of carbonyl (C=O) groups is 2. The van der Waals surface area contributed by atoms with Crippen LogP contribution in [0.5, 0.6) is 0 Å². The van der Waals surface area contributed by atoms with Crippen LogP contribution in [0, 0.1) is 0 Å². The molecule has 0 N–H and O–H groups in total. The molecule has 4 nitrogen and oxygen atoms in total. The van der Waals surface area contributed by atoms with E-state index in [9.17, 15) is 9.59 Å². The highest BCUT2D eigenvalue weighted by Gasteiger charge is 2.25. The quantitative estimate of drug-likeness (QED) is 0.626. The van der Waals surface area contributed by atoms with E-state index in [1.54, 1.807) is 6.92 Å². The van der Waals surface area contributed by atoms with Crippen LogP contribution in [0.4, 0.5) is 0 Å². The molecule has 144 valence electrons. The van der Waals surface area contributed by atoms with Gasteiger partial charge in [0.25, 0.3) is 0 Å². The van der Waals surface area contributed by atoms with Gasteiger partial charge in [-0.05, 0) is 75.2 Å². The highest BCUT2D eigenvalue weighted by molar-refractivity contribution is 6.16. The molecule has 0 unspecified atom stereocenters. The molecule has 0 spiro atoms. The summed E-state index contributed by atoms with van der Waals surface area (Å²) < 4.78 is 2.40. The van der Waals surface area contributed by atoms with Gasteiger partial charge in [-0.3, -0.25) is 9.59 Å². The van der Waals surface area contributed by atoms with Gasteiger partial charge in [-0.2, -0.15) is 0 Å². The molecule has 2 aromatic carbocycles. The number of hydrogen-bond acceptors (Lipinski definition) is 3. The van der Waals surface area contributed by atoms with Crippen LogP contribution in [-0.2, 0) is 13.0 Å². The first-order valence-electron chi connectivity index (χ1n) is 10.5. The number of nitrogens with zero attached hydrogens (tertiary/aromatic N) is 2.